The Morgan fingerprint density at radius 3 is 2.23 bits per heavy atom. The molecular formula is C35H55N3O5Si. The van der Waals surface area contributed by atoms with Crippen molar-refractivity contribution in [1.29, 1.82) is 0 Å². The number of hydrogen-bond acceptors (Lipinski definition) is 7. The van der Waals surface area contributed by atoms with Crippen molar-refractivity contribution in [2.24, 2.45) is 17.8 Å². The standard InChI is InChI=1S/C35H55N3O5Si/c1-22(2)33(23(3)4)42-19-27-16-28(32(39)34(27)43-44(10,24(5)6)25(7)8)29-17-38(21-41-18-26-14-12-11-13-15-26)31-30(29)36-20-37-35(31)40-9/h11-15,17,20,22-25,27-28,32-34,39H,16,18-19,21H2,1-10H3/t27-,28+,32-,34-/m1/s1. The van der Waals surface area contributed by atoms with E-state index < -0.39 is 14.4 Å². The van der Waals surface area contributed by atoms with E-state index in [1.807, 2.05) is 22.8 Å². The molecule has 0 saturated heterocycles. The van der Waals surface area contributed by atoms with Crippen LogP contribution in [0.25, 0.3) is 11.0 Å². The predicted molar refractivity (Wildman–Crippen MR) is 178 cm³/mol. The van der Waals surface area contributed by atoms with E-state index in [2.05, 4.69) is 85.3 Å². The fourth-order valence-electron chi connectivity index (χ4n) is 6.85. The number of nitrogens with zero attached hydrogens (tertiary/aromatic N) is 3. The third-order valence-corrected chi connectivity index (χ3v) is 15.2. The first kappa shape index (κ1) is 34.6. The van der Waals surface area contributed by atoms with Crippen molar-refractivity contribution in [3.8, 4) is 5.88 Å². The van der Waals surface area contributed by atoms with Gasteiger partial charge in [0, 0.05) is 23.6 Å². The van der Waals surface area contributed by atoms with E-state index in [0.717, 1.165) is 28.6 Å². The van der Waals surface area contributed by atoms with E-state index in [1.54, 1.807) is 7.11 Å². The van der Waals surface area contributed by atoms with Crippen molar-refractivity contribution in [2.45, 2.75) is 117 Å². The molecule has 1 aliphatic carbocycles. The largest absolute Gasteiger partial charge is 0.479 e. The Bertz CT molecular complexity index is 1310. The van der Waals surface area contributed by atoms with E-state index in [1.165, 1.54) is 6.33 Å². The van der Waals surface area contributed by atoms with Gasteiger partial charge in [0.2, 0.25) is 5.88 Å². The minimum absolute atomic E-state index is 0.0517. The van der Waals surface area contributed by atoms with Crippen molar-refractivity contribution in [3.63, 3.8) is 0 Å². The van der Waals surface area contributed by atoms with E-state index in [9.17, 15) is 5.11 Å². The zero-order valence-electron chi connectivity index (χ0n) is 28.5. The molecule has 0 unspecified atom stereocenters. The summed E-state index contributed by atoms with van der Waals surface area (Å²) in [5.41, 5.74) is 4.44. The molecule has 1 saturated carbocycles. The molecule has 3 aromatic rings. The quantitative estimate of drug-likeness (QED) is 0.174. The first-order chi connectivity index (χ1) is 20.9. The summed E-state index contributed by atoms with van der Waals surface area (Å²) in [6.07, 6.45) is 3.46. The van der Waals surface area contributed by atoms with Crippen molar-refractivity contribution in [3.05, 3.63) is 54.0 Å². The van der Waals surface area contributed by atoms with Crippen LogP contribution < -0.4 is 4.74 Å². The van der Waals surface area contributed by atoms with Gasteiger partial charge in [0.1, 0.15) is 18.6 Å². The van der Waals surface area contributed by atoms with Crippen molar-refractivity contribution in [1.82, 2.24) is 14.5 Å². The number of aliphatic hydroxyl groups excluding tert-OH is 1. The molecule has 0 spiro atoms. The van der Waals surface area contributed by atoms with Crippen LogP contribution in [0.5, 0.6) is 5.88 Å². The molecule has 1 aliphatic rings. The third kappa shape index (κ3) is 7.39. The lowest BCUT2D eigenvalue weighted by Crippen LogP contribution is -2.49. The average Bonchev–Trinajstić information content (AvgIpc) is 3.50. The highest BCUT2D eigenvalue weighted by molar-refractivity contribution is 6.75. The van der Waals surface area contributed by atoms with Crippen molar-refractivity contribution >= 4 is 19.4 Å². The van der Waals surface area contributed by atoms with Crippen LogP contribution in [0.15, 0.2) is 42.9 Å². The Balaban J connectivity index is 1.69. The van der Waals surface area contributed by atoms with Gasteiger partial charge in [-0.15, -0.1) is 0 Å². The van der Waals surface area contributed by atoms with Crippen LogP contribution in [0.3, 0.4) is 0 Å². The molecule has 0 aliphatic heterocycles. The van der Waals surface area contributed by atoms with Gasteiger partial charge >= 0.3 is 0 Å². The van der Waals surface area contributed by atoms with Gasteiger partial charge in [-0.25, -0.2) is 4.98 Å². The molecule has 1 aromatic carbocycles. The lowest BCUT2D eigenvalue weighted by Gasteiger charge is -2.40. The summed E-state index contributed by atoms with van der Waals surface area (Å²) in [5, 5.41) is 12.1. The van der Waals surface area contributed by atoms with Crippen LogP contribution in [-0.4, -0.2) is 60.0 Å². The first-order valence-corrected chi connectivity index (χ1v) is 18.9. The molecule has 2 aromatic heterocycles. The van der Waals surface area contributed by atoms with Crippen LogP contribution in [0.4, 0.5) is 0 Å². The normalized spacial score (nSPS) is 21.2. The highest BCUT2D eigenvalue weighted by atomic mass is 28.4. The number of aliphatic hydroxyl groups is 1. The molecule has 8 nitrogen and oxygen atoms in total. The Kier molecular flexibility index (Phi) is 11.7. The fraction of sp³-hybridized carbons (Fsp3) is 0.657. The summed E-state index contributed by atoms with van der Waals surface area (Å²) in [6, 6.07) is 10.1. The zero-order valence-corrected chi connectivity index (χ0v) is 29.5. The van der Waals surface area contributed by atoms with E-state index >= 15 is 0 Å². The number of aromatic nitrogens is 3. The van der Waals surface area contributed by atoms with Gasteiger partial charge in [-0.1, -0.05) is 85.7 Å². The Labute approximate surface area is 265 Å². The molecule has 9 heteroatoms. The number of fused-ring (bicyclic) bond motifs is 1. The maximum Gasteiger partial charge on any atom is 0.241 e. The Hall–Kier alpha value is -2.30. The molecule has 244 valence electrons. The van der Waals surface area contributed by atoms with E-state index in [-0.39, 0.29) is 24.0 Å². The summed E-state index contributed by atoms with van der Waals surface area (Å²) in [5.74, 6) is 1.16. The van der Waals surface area contributed by atoms with Crippen LogP contribution >= 0.6 is 0 Å². The SMILES string of the molecule is COc1ncnc2c([C@@H]3C[C@H](COC(C(C)C)C(C)C)[C@@H](O[Si](C)(C(C)C)C(C)C)[C@@H]3O)cn(COCc3ccccc3)c12. The third-order valence-electron chi connectivity index (χ3n) is 9.85. The average molecular weight is 626 g/mol. The molecule has 0 bridgehead atoms. The maximum absolute atomic E-state index is 12.1. The minimum Gasteiger partial charge on any atom is -0.479 e. The number of methoxy groups -OCH3 is 1. The molecule has 0 amide bonds. The second-order valence-electron chi connectivity index (χ2n) is 14.1. The molecule has 1 fully saturated rings. The molecule has 4 rings (SSSR count). The van der Waals surface area contributed by atoms with Crippen LogP contribution in [0.1, 0.15) is 78.9 Å². The van der Waals surface area contributed by atoms with E-state index in [4.69, 9.17) is 23.6 Å². The summed E-state index contributed by atoms with van der Waals surface area (Å²) >= 11 is 0. The van der Waals surface area contributed by atoms with Gasteiger partial charge in [0.15, 0.2) is 8.32 Å². The Morgan fingerprint density at radius 1 is 0.977 bits per heavy atom. The molecular weight excluding hydrogens is 570 g/mol. The van der Waals surface area contributed by atoms with Crippen molar-refractivity contribution in [2.75, 3.05) is 13.7 Å². The maximum atomic E-state index is 12.1. The van der Waals surface area contributed by atoms with Gasteiger partial charge in [-0.3, -0.25) is 0 Å². The lowest BCUT2D eigenvalue weighted by atomic mass is 9.95. The minimum atomic E-state index is -2.18. The molecule has 1 N–H and O–H groups in total. The van der Waals surface area contributed by atoms with Gasteiger partial charge in [-0.2, -0.15) is 4.98 Å². The Morgan fingerprint density at radius 2 is 1.64 bits per heavy atom. The van der Waals surface area contributed by atoms with Gasteiger partial charge in [0.25, 0.3) is 0 Å². The number of rotatable bonds is 15. The lowest BCUT2D eigenvalue weighted by molar-refractivity contribution is -0.0527. The second-order valence-corrected chi connectivity index (χ2v) is 19.0. The smallest absolute Gasteiger partial charge is 0.241 e. The molecule has 2 heterocycles. The number of hydrogen-bond donors (Lipinski definition) is 1. The summed E-state index contributed by atoms with van der Waals surface area (Å²) in [7, 11) is -0.563. The van der Waals surface area contributed by atoms with Gasteiger partial charge < -0.3 is 28.3 Å². The first-order valence-electron chi connectivity index (χ1n) is 16.4. The zero-order chi connectivity index (χ0) is 32.2. The summed E-state index contributed by atoms with van der Waals surface area (Å²) in [4.78, 5) is 9.11. The topological polar surface area (TPSA) is 87.9 Å². The highest BCUT2D eigenvalue weighted by Crippen LogP contribution is 2.47. The molecule has 44 heavy (non-hydrogen) atoms. The number of ether oxygens (including phenoxy) is 3. The van der Waals surface area contributed by atoms with Crippen LogP contribution in [0.2, 0.25) is 17.6 Å². The second kappa shape index (κ2) is 14.9. The summed E-state index contributed by atoms with van der Waals surface area (Å²) < 4.78 is 27.6. The molecule has 4 atom stereocenters. The van der Waals surface area contributed by atoms with E-state index in [0.29, 0.717) is 48.7 Å². The number of benzene rings is 1. The van der Waals surface area contributed by atoms with Gasteiger partial charge in [0.05, 0.1) is 44.2 Å². The highest BCUT2D eigenvalue weighted by Gasteiger charge is 2.50. The fourth-order valence-corrected chi connectivity index (χ4v) is 9.65. The summed E-state index contributed by atoms with van der Waals surface area (Å²) in [6.45, 7) is 21.6. The van der Waals surface area contributed by atoms with Crippen LogP contribution in [-0.2, 0) is 27.2 Å². The van der Waals surface area contributed by atoms with Gasteiger partial charge in [-0.05, 0) is 41.4 Å². The monoisotopic (exact) mass is 625 g/mol. The van der Waals surface area contributed by atoms with Crippen molar-refractivity contribution < 1.29 is 23.7 Å². The predicted octanol–water partition coefficient (Wildman–Crippen LogP) is 7.56. The van der Waals surface area contributed by atoms with Crippen LogP contribution in [0, 0.1) is 17.8 Å². The molecule has 0 radical (unpaired) electrons.